The van der Waals surface area contributed by atoms with E-state index in [0.29, 0.717) is 32.5 Å². The van der Waals surface area contributed by atoms with E-state index >= 15 is 0 Å². The van der Waals surface area contributed by atoms with Crippen molar-refractivity contribution in [3.63, 3.8) is 0 Å². The summed E-state index contributed by atoms with van der Waals surface area (Å²) < 4.78 is 28.3. The predicted molar refractivity (Wildman–Crippen MR) is 165 cm³/mol. The summed E-state index contributed by atoms with van der Waals surface area (Å²) in [6.07, 6.45) is 12.6. The van der Waals surface area contributed by atoms with Crippen LogP contribution < -0.4 is 5.32 Å². The molecule has 0 aliphatic carbocycles. The molecule has 1 spiro atoms. The Labute approximate surface area is 261 Å². The van der Waals surface area contributed by atoms with E-state index in [1.165, 1.54) is 12.2 Å². The van der Waals surface area contributed by atoms with Crippen molar-refractivity contribution in [2.24, 2.45) is 11.8 Å². The number of carbonyl (C=O) groups excluding carboxylic acids is 3. The van der Waals surface area contributed by atoms with Crippen LogP contribution in [0.2, 0.25) is 0 Å². The van der Waals surface area contributed by atoms with Crippen LogP contribution in [0, 0.1) is 11.8 Å². The maximum absolute atomic E-state index is 12.5. The van der Waals surface area contributed by atoms with E-state index in [2.05, 4.69) is 18.3 Å². The van der Waals surface area contributed by atoms with Gasteiger partial charge in [-0.25, -0.2) is 4.79 Å². The van der Waals surface area contributed by atoms with Gasteiger partial charge in [-0.1, -0.05) is 50.6 Å². The summed E-state index contributed by atoms with van der Waals surface area (Å²) in [5.74, 6) is -0.929. The van der Waals surface area contributed by atoms with Crippen LogP contribution in [0.25, 0.3) is 0 Å². The quantitative estimate of drug-likeness (QED) is 0.136. The number of carbonyl (C=O) groups is 3. The number of hydrogen-bond donors (Lipinski definition) is 2. The second-order valence-corrected chi connectivity index (χ2v) is 12.5. The molecule has 0 radical (unpaired) electrons. The van der Waals surface area contributed by atoms with Crippen molar-refractivity contribution in [2.45, 2.75) is 122 Å². The molecule has 3 saturated heterocycles. The summed E-state index contributed by atoms with van der Waals surface area (Å²) in [6, 6.07) is -0.126. The maximum Gasteiger partial charge on any atom is 0.330 e. The van der Waals surface area contributed by atoms with Crippen LogP contribution in [-0.2, 0) is 38.1 Å². The van der Waals surface area contributed by atoms with Gasteiger partial charge in [-0.05, 0) is 59.0 Å². The van der Waals surface area contributed by atoms with Crippen molar-refractivity contribution in [1.29, 1.82) is 0 Å². The topological polar surface area (TPSA) is 133 Å². The van der Waals surface area contributed by atoms with Crippen LogP contribution >= 0.6 is 0 Å². The minimum atomic E-state index is -0.764. The van der Waals surface area contributed by atoms with Crippen LogP contribution in [0.1, 0.15) is 74.1 Å². The fraction of sp³-hybridized carbons (Fsp3) is 0.676. The molecule has 3 rings (SSSR count). The fourth-order valence-corrected chi connectivity index (χ4v) is 5.47. The summed E-state index contributed by atoms with van der Waals surface area (Å²) >= 11 is 0. The largest absolute Gasteiger partial charge is 0.463 e. The summed E-state index contributed by atoms with van der Waals surface area (Å²) in [4.78, 5) is 35.8. The van der Waals surface area contributed by atoms with Crippen molar-refractivity contribution < 1.29 is 43.2 Å². The average molecular weight is 618 g/mol. The van der Waals surface area contributed by atoms with Crippen molar-refractivity contribution in [3.05, 3.63) is 48.1 Å². The molecule has 2 N–H and O–H groups in total. The zero-order valence-corrected chi connectivity index (χ0v) is 27.2. The van der Waals surface area contributed by atoms with Gasteiger partial charge in [0.15, 0.2) is 0 Å². The molecule has 0 aromatic carbocycles. The first kappa shape index (κ1) is 35.7. The minimum absolute atomic E-state index is 0.00253. The number of esters is 2. The second-order valence-electron chi connectivity index (χ2n) is 12.5. The van der Waals surface area contributed by atoms with Gasteiger partial charge in [0.25, 0.3) is 0 Å². The number of amides is 1. The van der Waals surface area contributed by atoms with Gasteiger partial charge < -0.3 is 34.1 Å². The van der Waals surface area contributed by atoms with Gasteiger partial charge in [0, 0.05) is 18.6 Å². The highest BCUT2D eigenvalue weighted by Crippen LogP contribution is 2.43. The molecule has 3 fully saturated rings. The van der Waals surface area contributed by atoms with E-state index in [1.54, 1.807) is 39.8 Å². The van der Waals surface area contributed by atoms with Crippen LogP contribution in [0.15, 0.2) is 48.1 Å². The fourth-order valence-electron chi connectivity index (χ4n) is 5.47. The highest BCUT2D eigenvalue weighted by molar-refractivity contribution is 5.87. The monoisotopic (exact) mass is 617 g/mol. The van der Waals surface area contributed by atoms with Gasteiger partial charge in [-0.2, -0.15) is 0 Å². The van der Waals surface area contributed by atoms with Crippen LogP contribution in [0.3, 0.4) is 0 Å². The molecule has 44 heavy (non-hydrogen) atoms. The van der Waals surface area contributed by atoms with Gasteiger partial charge >= 0.3 is 11.9 Å². The van der Waals surface area contributed by atoms with E-state index in [-0.39, 0.29) is 54.0 Å². The predicted octanol–water partition coefficient (Wildman–Crippen LogP) is 4.12. The van der Waals surface area contributed by atoms with Gasteiger partial charge in [-0.15, -0.1) is 0 Å². The SMILES string of the molecule is CCOC(=O)/C=C/C[C@@H]1C[C@@]2(CO2)[C@H](O)[C@@H](/C=C/C(C)=C/C[C@@H]2O[C@H](C)[C@H](NC(=O)/C=C\[C@H](C)OC(=O)C(C)C)C[C@@H]2C)O1. The van der Waals surface area contributed by atoms with Crippen LogP contribution in [-0.4, -0.2) is 84.4 Å². The van der Waals surface area contributed by atoms with Crippen LogP contribution in [0.4, 0.5) is 0 Å². The molecule has 246 valence electrons. The first-order chi connectivity index (χ1) is 20.8. The number of aliphatic hydroxyl groups is 1. The van der Waals surface area contributed by atoms with E-state index in [1.807, 2.05) is 26.0 Å². The molecule has 0 aromatic heterocycles. The number of rotatable bonds is 13. The molecule has 0 aromatic rings. The molecule has 9 atom stereocenters. The molecule has 10 heteroatoms. The summed E-state index contributed by atoms with van der Waals surface area (Å²) in [5.41, 5.74) is 0.433. The Hall–Kier alpha value is -2.79. The Morgan fingerprint density at radius 3 is 2.48 bits per heavy atom. The molecule has 0 unspecified atom stereocenters. The zero-order chi connectivity index (χ0) is 32.4. The third-order valence-corrected chi connectivity index (χ3v) is 8.28. The highest BCUT2D eigenvalue weighted by Gasteiger charge is 2.58. The van der Waals surface area contributed by atoms with Crippen LogP contribution in [0.5, 0.6) is 0 Å². The molecular formula is C34H51NO9. The van der Waals surface area contributed by atoms with Crippen molar-refractivity contribution >= 4 is 17.8 Å². The number of epoxide rings is 1. The average Bonchev–Trinajstić information content (AvgIpc) is 3.74. The smallest absolute Gasteiger partial charge is 0.330 e. The molecule has 0 saturated carbocycles. The number of aliphatic hydroxyl groups excluding tert-OH is 1. The molecular weight excluding hydrogens is 566 g/mol. The van der Waals surface area contributed by atoms with Gasteiger partial charge in [-0.3, -0.25) is 9.59 Å². The Morgan fingerprint density at radius 2 is 1.82 bits per heavy atom. The lowest BCUT2D eigenvalue weighted by atomic mass is 9.87. The van der Waals surface area contributed by atoms with E-state index < -0.39 is 23.9 Å². The maximum atomic E-state index is 12.5. The lowest BCUT2D eigenvalue weighted by Gasteiger charge is -2.39. The summed E-state index contributed by atoms with van der Waals surface area (Å²) in [5, 5.41) is 13.9. The van der Waals surface area contributed by atoms with Crippen molar-refractivity contribution in [1.82, 2.24) is 5.32 Å². The zero-order valence-electron chi connectivity index (χ0n) is 27.2. The second kappa shape index (κ2) is 16.5. The van der Waals surface area contributed by atoms with Crippen molar-refractivity contribution in [2.75, 3.05) is 13.2 Å². The van der Waals surface area contributed by atoms with E-state index in [9.17, 15) is 19.5 Å². The van der Waals surface area contributed by atoms with Gasteiger partial charge in [0.2, 0.25) is 5.91 Å². The number of nitrogens with one attached hydrogen (secondary N) is 1. The van der Waals surface area contributed by atoms with E-state index in [4.69, 9.17) is 23.7 Å². The third kappa shape index (κ3) is 10.7. The third-order valence-electron chi connectivity index (χ3n) is 8.28. The number of allylic oxidation sites excluding steroid dienone is 2. The Morgan fingerprint density at radius 1 is 1.09 bits per heavy atom. The first-order valence-electron chi connectivity index (χ1n) is 15.8. The standard InChI is InChI=1S/C34H51NO9/c1-8-40-31(37)11-9-10-26-19-34(20-41-34)32(38)29(44-26)16-13-22(4)12-15-28-23(5)18-27(25(7)43-28)35-30(36)17-14-24(6)42-33(39)21(2)3/h9,11-14,16-17,21,23-29,32,38H,8,10,15,18-20H2,1-7H3,(H,35,36)/b11-9+,16-13+,17-14-,22-12+/t23-,24-,25+,26+,27+,28-,29+,32+,34+/m0/s1. The molecule has 10 nitrogen and oxygen atoms in total. The molecule has 3 aliphatic heterocycles. The van der Waals surface area contributed by atoms with Gasteiger partial charge in [0.05, 0.1) is 43.5 Å². The summed E-state index contributed by atoms with van der Waals surface area (Å²) in [7, 11) is 0. The summed E-state index contributed by atoms with van der Waals surface area (Å²) in [6.45, 7) is 13.9. The highest BCUT2D eigenvalue weighted by atomic mass is 16.6. The lowest BCUT2D eigenvalue weighted by molar-refractivity contribution is -0.150. The molecule has 3 heterocycles. The normalized spacial score (nSPS) is 33.3. The van der Waals surface area contributed by atoms with Gasteiger partial charge in [0.1, 0.15) is 23.9 Å². The Kier molecular flexibility index (Phi) is 13.4. The first-order valence-corrected chi connectivity index (χ1v) is 15.8. The van der Waals surface area contributed by atoms with Crippen molar-refractivity contribution in [3.8, 4) is 0 Å². The molecule has 3 aliphatic rings. The van der Waals surface area contributed by atoms with E-state index in [0.717, 1.165) is 12.0 Å². The lowest BCUT2D eigenvalue weighted by Crippen LogP contribution is -2.50. The molecule has 0 bridgehead atoms. The Balaban J connectivity index is 1.48. The molecule has 1 amide bonds. The number of ether oxygens (including phenoxy) is 5. The number of hydrogen-bond acceptors (Lipinski definition) is 9. The Bertz CT molecular complexity index is 1110. The minimum Gasteiger partial charge on any atom is -0.463 e.